The zero-order valence-corrected chi connectivity index (χ0v) is 18.4. The van der Waals surface area contributed by atoms with Gasteiger partial charge in [0.1, 0.15) is 5.75 Å². The highest BCUT2D eigenvalue weighted by atomic mass is 32.1. The molecular weight excluding hydrogens is 400 g/mol. The first-order chi connectivity index (χ1) is 14.5. The Labute approximate surface area is 181 Å². The molecule has 0 spiro atoms. The molecule has 8 heteroatoms. The molecule has 1 aromatic heterocycles. The molecule has 2 heterocycles. The van der Waals surface area contributed by atoms with Crippen molar-refractivity contribution >= 4 is 29.2 Å². The summed E-state index contributed by atoms with van der Waals surface area (Å²) in [6.45, 7) is 4.26. The average molecular weight is 429 g/mol. The molecular formula is C22H28N4O3S. The zero-order chi connectivity index (χ0) is 21.5. The third kappa shape index (κ3) is 5.67. The number of carbonyl (C=O) groups excluding carboxylic acids is 2. The van der Waals surface area contributed by atoms with Gasteiger partial charge in [-0.2, -0.15) is 0 Å². The maximum Gasteiger partial charge on any atom is 0.237 e. The Morgan fingerprint density at radius 1 is 1.43 bits per heavy atom. The number of hydrogen-bond donors (Lipinski definition) is 1. The number of thiazole rings is 1. The first kappa shape index (κ1) is 22.0. The lowest BCUT2D eigenvalue weighted by Crippen LogP contribution is -2.56. The molecule has 0 aliphatic carbocycles. The van der Waals surface area contributed by atoms with Crippen molar-refractivity contribution in [2.24, 2.45) is 0 Å². The molecule has 3 rings (SSSR count). The van der Waals surface area contributed by atoms with E-state index in [1.807, 2.05) is 53.6 Å². The molecule has 0 bridgehead atoms. The van der Waals surface area contributed by atoms with Gasteiger partial charge in [0.05, 0.1) is 36.8 Å². The molecule has 1 aliphatic rings. The summed E-state index contributed by atoms with van der Waals surface area (Å²) in [5.41, 5.74) is 1.85. The predicted molar refractivity (Wildman–Crippen MR) is 118 cm³/mol. The summed E-state index contributed by atoms with van der Waals surface area (Å²) in [5, 5.41) is 5.82. The lowest BCUT2D eigenvalue weighted by Gasteiger charge is -2.34. The van der Waals surface area contributed by atoms with Gasteiger partial charge in [-0.15, -0.1) is 11.3 Å². The smallest absolute Gasteiger partial charge is 0.237 e. The van der Waals surface area contributed by atoms with Crippen LogP contribution in [0.3, 0.4) is 0 Å². The number of piperazine rings is 1. The number of aryl methyl sites for hydroxylation is 1. The lowest BCUT2D eigenvalue weighted by atomic mass is 10.1. The van der Waals surface area contributed by atoms with E-state index in [0.717, 1.165) is 22.0 Å². The van der Waals surface area contributed by atoms with Crippen molar-refractivity contribution in [1.29, 1.82) is 0 Å². The van der Waals surface area contributed by atoms with Crippen molar-refractivity contribution in [2.75, 3.05) is 33.8 Å². The summed E-state index contributed by atoms with van der Waals surface area (Å²) < 4.78 is 5.37. The minimum absolute atomic E-state index is 0.0681. The molecule has 1 saturated heterocycles. The highest BCUT2D eigenvalue weighted by Gasteiger charge is 2.31. The van der Waals surface area contributed by atoms with Crippen LogP contribution in [0.25, 0.3) is 6.08 Å². The monoisotopic (exact) mass is 428 g/mol. The van der Waals surface area contributed by atoms with E-state index in [4.69, 9.17) is 4.74 Å². The van der Waals surface area contributed by atoms with Gasteiger partial charge >= 0.3 is 0 Å². The predicted octanol–water partition coefficient (Wildman–Crippen LogP) is 2.32. The SMILES string of the molecule is COc1ccccc1/C=C/CN1CCNC(=O)[C@@H]1CC(=O)N(C)Cc1csc(C)n1. The number of methoxy groups -OCH3 is 1. The second kappa shape index (κ2) is 10.4. The molecule has 160 valence electrons. The van der Waals surface area contributed by atoms with E-state index < -0.39 is 6.04 Å². The van der Waals surface area contributed by atoms with Crippen LogP contribution in [-0.4, -0.2) is 66.4 Å². The highest BCUT2D eigenvalue weighted by Crippen LogP contribution is 2.19. The van der Waals surface area contributed by atoms with Crippen LogP contribution in [0.4, 0.5) is 0 Å². The molecule has 1 aromatic carbocycles. The molecule has 7 nitrogen and oxygen atoms in total. The van der Waals surface area contributed by atoms with Gasteiger partial charge in [-0.3, -0.25) is 14.5 Å². The van der Waals surface area contributed by atoms with Crippen LogP contribution >= 0.6 is 11.3 Å². The molecule has 2 aromatic rings. The van der Waals surface area contributed by atoms with Crippen LogP contribution in [0.1, 0.15) is 22.7 Å². The first-order valence-corrected chi connectivity index (χ1v) is 10.8. The largest absolute Gasteiger partial charge is 0.496 e. The van der Waals surface area contributed by atoms with Crippen LogP contribution in [0.2, 0.25) is 0 Å². The molecule has 1 fully saturated rings. The van der Waals surface area contributed by atoms with E-state index >= 15 is 0 Å². The van der Waals surface area contributed by atoms with E-state index in [0.29, 0.717) is 26.2 Å². The maximum absolute atomic E-state index is 12.8. The number of nitrogens with one attached hydrogen (secondary N) is 1. The number of carbonyl (C=O) groups is 2. The van der Waals surface area contributed by atoms with E-state index in [1.54, 1.807) is 30.4 Å². The fraction of sp³-hybridized carbons (Fsp3) is 0.409. The molecule has 1 N–H and O–H groups in total. The normalized spacial score (nSPS) is 17.2. The van der Waals surface area contributed by atoms with Gasteiger partial charge in [-0.05, 0) is 13.0 Å². The highest BCUT2D eigenvalue weighted by molar-refractivity contribution is 7.09. The third-order valence-electron chi connectivity index (χ3n) is 5.08. The fourth-order valence-electron chi connectivity index (χ4n) is 3.45. The standard InChI is InChI=1S/C22H28N4O3S/c1-16-24-18(15-30-16)14-25(2)21(27)13-19-22(28)23-10-12-26(19)11-6-8-17-7-4-5-9-20(17)29-3/h4-9,15,19H,10-14H2,1-3H3,(H,23,28)/b8-6+/t19-/m0/s1. The summed E-state index contributed by atoms with van der Waals surface area (Å²) in [6, 6.07) is 7.30. The van der Waals surface area contributed by atoms with Crippen LogP contribution < -0.4 is 10.1 Å². The van der Waals surface area contributed by atoms with Crippen molar-refractivity contribution in [3.63, 3.8) is 0 Å². The second-order valence-corrected chi connectivity index (χ2v) is 8.32. The number of rotatable bonds is 8. The van der Waals surface area contributed by atoms with Crippen molar-refractivity contribution in [2.45, 2.75) is 25.9 Å². The number of nitrogens with zero attached hydrogens (tertiary/aromatic N) is 3. The molecule has 30 heavy (non-hydrogen) atoms. The van der Waals surface area contributed by atoms with Gasteiger partial charge in [-0.1, -0.05) is 30.4 Å². The molecule has 1 aliphatic heterocycles. The number of hydrogen-bond acceptors (Lipinski definition) is 6. The minimum Gasteiger partial charge on any atom is -0.496 e. The molecule has 0 unspecified atom stereocenters. The second-order valence-electron chi connectivity index (χ2n) is 7.26. The topological polar surface area (TPSA) is 74.8 Å². The number of aromatic nitrogens is 1. The Morgan fingerprint density at radius 3 is 2.97 bits per heavy atom. The minimum atomic E-state index is -0.479. The summed E-state index contributed by atoms with van der Waals surface area (Å²) >= 11 is 1.57. The van der Waals surface area contributed by atoms with Crippen molar-refractivity contribution < 1.29 is 14.3 Å². The Morgan fingerprint density at radius 2 is 2.23 bits per heavy atom. The van der Waals surface area contributed by atoms with Gasteiger partial charge in [0.25, 0.3) is 0 Å². The van der Waals surface area contributed by atoms with E-state index in [9.17, 15) is 9.59 Å². The van der Waals surface area contributed by atoms with Gasteiger partial charge < -0.3 is 15.0 Å². The number of para-hydroxylation sites is 1. The molecule has 2 amide bonds. The fourth-order valence-corrected chi connectivity index (χ4v) is 4.06. The van der Waals surface area contributed by atoms with Crippen LogP contribution in [0.15, 0.2) is 35.7 Å². The van der Waals surface area contributed by atoms with Crippen LogP contribution in [-0.2, 0) is 16.1 Å². The van der Waals surface area contributed by atoms with E-state index in [2.05, 4.69) is 10.3 Å². The number of benzene rings is 1. The summed E-state index contributed by atoms with van der Waals surface area (Å²) in [4.78, 5) is 33.3. The average Bonchev–Trinajstić information content (AvgIpc) is 3.15. The van der Waals surface area contributed by atoms with Crippen LogP contribution in [0, 0.1) is 6.92 Å². The Bertz CT molecular complexity index is 911. The van der Waals surface area contributed by atoms with Crippen molar-refractivity contribution in [3.05, 3.63) is 52.0 Å². The molecule has 0 radical (unpaired) electrons. The van der Waals surface area contributed by atoms with E-state index in [1.165, 1.54) is 0 Å². The van der Waals surface area contributed by atoms with Crippen molar-refractivity contribution in [3.8, 4) is 5.75 Å². The first-order valence-electron chi connectivity index (χ1n) is 9.94. The van der Waals surface area contributed by atoms with Crippen LogP contribution in [0.5, 0.6) is 5.75 Å². The Balaban J connectivity index is 1.61. The maximum atomic E-state index is 12.8. The summed E-state index contributed by atoms with van der Waals surface area (Å²) in [6.07, 6.45) is 4.14. The lowest BCUT2D eigenvalue weighted by molar-refractivity contribution is -0.138. The third-order valence-corrected chi connectivity index (χ3v) is 5.90. The quantitative estimate of drug-likeness (QED) is 0.699. The number of ether oxygens (including phenoxy) is 1. The Kier molecular flexibility index (Phi) is 7.59. The van der Waals surface area contributed by atoms with E-state index in [-0.39, 0.29) is 18.2 Å². The zero-order valence-electron chi connectivity index (χ0n) is 17.6. The molecule has 1 atom stereocenters. The molecule has 0 saturated carbocycles. The van der Waals surface area contributed by atoms with Gasteiger partial charge in [0, 0.05) is 37.6 Å². The van der Waals surface area contributed by atoms with Crippen molar-refractivity contribution in [1.82, 2.24) is 20.1 Å². The summed E-state index contributed by atoms with van der Waals surface area (Å²) in [7, 11) is 3.40. The number of amides is 2. The summed E-state index contributed by atoms with van der Waals surface area (Å²) in [5.74, 6) is 0.635. The van der Waals surface area contributed by atoms with Gasteiger partial charge in [0.15, 0.2) is 0 Å². The Hall–Kier alpha value is -2.71. The van der Waals surface area contributed by atoms with Gasteiger partial charge in [-0.25, -0.2) is 4.98 Å². The van der Waals surface area contributed by atoms with Gasteiger partial charge in [0.2, 0.25) is 11.8 Å².